The number of carbonyl (C=O) groups is 1. The molecular formula is C27H54O3. The summed E-state index contributed by atoms with van der Waals surface area (Å²) in [6, 6.07) is 0. The summed E-state index contributed by atoms with van der Waals surface area (Å²) in [6.45, 7) is 5.09. The Kier molecular flexibility index (Phi) is 24.2. The molecule has 0 saturated carbocycles. The summed E-state index contributed by atoms with van der Waals surface area (Å²) in [5, 5.41) is 10.1. The van der Waals surface area contributed by atoms with E-state index in [1.807, 2.05) is 0 Å². The molecule has 30 heavy (non-hydrogen) atoms. The Labute approximate surface area is 188 Å². The van der Waals surface area contributed by atoms with Crippen LogP contribution in [-0.2, 0) is 9.53 Å². The lowest BCUT2D eigenvalue weighted by molar-refractivity contribution is -0.143. The first-order valence-corrected chi connectivity index (χ1v) is 13.5. The van der Waals surface area contributed by atoms with Crippen LogP contribution in [0.2, 0.25) is 0 Å². The Morgan fingerprint density at radius 3 is 1.50 bits per heavy atom. The van der Waals surface area contributed by atoms with E-state index >= 15 is 0 Å². The van der Waals surface area contributed by atoms with Crippen molar-refractivity contribution < 1.29 is 14.6 Å². The molecule has 0 aliphatic heterocycles. The van der Waals surface area contributed by atoms with Gasteiger partial charge in [-0.05, 0) is 25.7 Å². The number of carbonyl (C=O) groups excluding carboxylic acids is 1. The van der Waals surface area contributed by atoms with Gasteiger partial charge >= 0.3 is 5.97 Å². The summed E-state index contributed by atoms with van der Waals surface area (Å²) < 4.78 is 5.34. The minimum atomic E-state index is -0.128. The second kappa shape index (κ2) is 24.7. The third-order valence-electron chi connectivity index (χ3n) is 6.07. The summed E-state index contributed by atoms with van der Waals surface area (Å²) in [6.07, 6.45) is 25.8. The highest BCUT2D eigenvalue weighted by Gasteiger charge is 2.05. The maximum atomic E-state index is 11.8. The quantitative estimate of drug-likeness (QED) is 0.124. The van der Waals surface area contributed by atoms with Gasteiger partial charge in [0.05, 0.1) is 12.7 Å². The van der Waals surface area contributed by atoms with Crippen molar-refractivity contribution in [1.29, 1.82) is 0 Å². The van der Waals surface area contributed by atoms with E-state index < -0.39 is 0 Å². The fourth-order valence-corrected chi connectivity index (χ4v) is 3.98. The van der Waals surface area contributed by atoms with Gasteiger partial charge in [0, 0.05) is 6.42 Å². The molecule has 0 aromatic rings. The lowest BCUT2D eigenvalue weighted by atomic mass is 10.0. The predicted molar refractivity (Wildman–Crippen MR) is 130 cm³/mol. The van der Waals surface area contributed by atoms with Gasteiger partial charge in [0.2, 0.25) is 0 Å². The average molecular weight is 427 g/mol. The van der Waals surface area contributed by atoms with Crippen molar-refractivity contribution in [2.45, 2.75) is 161 Å². The molecule has 0 fully saturated rings. The Balaban J connectivity index is 3.26. The van der Waals surface area contributed by atoms with E-state index in [1.165, 1.54) is 83.5 Å². The molecule has 0 heterocycles. The van der Waals surface area contributed by atoms with E-state index in [-0.39, 0.29) is 12.1 Å². The third kappa shape index (κ3) is 23.7. The van der Waals surface area contributed by atoms with Crippen LogP contribution in [0.15, 0.2) is 0 Å². The highest BCUT2D eigenvalue weighted by atomic mass is 16.5. The third-order valence-corrected chi connectivity index (χ3v) is 6.07. The van der Waals surface area contributed by atoms with Crippen LogP contribution < -0.4 is 0 Å². The van der Waals surface area contributed by atoms with Gasteiger partial charge in [-0.3, -0.25) is 4.79 Å². The minimum Gasteiger partial charge on any atom is -0.466 e. The van der Waals surface area contributed by atoms with Gasteiger partial charge in [-0.2, -0.15) is 0 Å². The van der Waals surface area contributed by atoms with E-state index in [9.17, 15) is 9.90 Å². The molecular weight excluding hydrogens is 372 g/mol. The molecule has 0 aromatic heterocycles. The second-order valence-electron chi connectivity index (χ2n) is 9.21. The van der Waals surface area contributed by atoms with Crippen LogP contribution in [0.1, 0.15) is 155 Å². The Bertz CT molecular complexity index is 343. The lowest BCUT2D eigenvalue weighted by Gasteiger charge is -2.10. The van der Waals surface area contributed by atoms with Crippen molar-refractivity contribution in [2.24, 2.45) is 0 Å². The first kappa shape index (κ1) is 29.4. The van der Waals surface area contributed by atoms with E-state index in [0.29, 0.717) is 13.0 Å². The Morgan fingerprint density at radius 2 is 1.00 bits per heavy atom. The number of hydrogen-bond donors (Lipinski definition) is 1. The maximum Gasteiger partial charge on any atom is 0.305 e. The number of hydrogen-bond acceptors (Lipinski definition) is 3. The van der Waals surface area contributed by atoms with Crippen LogP contribution in [-0.4, -0.2) is 23.8 Å². The Morgan fingerprint density at radius 1 is 0.600 bits per heavy atom. The van der Waals surface area contributed by atoms with Gasteiger partial charge in [-0.1, -0.05) is 123 Å². The van der Waals surface area contributed by atoms with E-state index in [0.717, 1.165) is 51.4 Å². The van der Waals surface area contributed by atoms with Gasteiger partial charge in [0.1, 0.15) is 0 Å². The minimum absolute atomic E-state index is 0.0306. The number of aliphatic hydroxyl groups excluding tert-OH is 1. The van der Waals surface area contributed by atoms with Crippen molar-refractivity contribution >= 4 is 5.97 Å². The van der Waals surface area contributed by atoms with Crippen molar-refractivity contribution in [3.8, 4) is 0 Å². The van der Waals surface area contributed by atoms with Gasteiger partial charge < -0.3 is 9.84 Å². The summed E-state index contributed by atoms with van der Waals surface area (Å²) in [4.78, 5) is 11.8. The second-order valence-corrected chi connectivity index (χ2v) is 9.21. The molecule has 3 heteroatoms. The topological polar surface area (TPSA) is 46.5 Å². The molecule has 0 rings (SSSR count). The molecule has 0 bridgehead atoms. The van der Waals surface area contributed by atoms with Crippen LogP contribution in [0, 0.1) is 0 Å². The molecule has 0 amide bonds. The highest BCUT2D eigenvalue weighted by Crippen LogP contribution is 2.14. The smallest absolute Gasteiger partial charge is 0.305 e. The number of unbranched alkanes of at least 4 members (excludes halogenated alkanes) is 16. The number of ether oxygens (including phenoxy) is 1. The molecule has 1 atom stereocenters. The largest absolute Gasteiger partial charge is 0.466 e. The molecule has 0 aromatic carbocycles. The fourth-order valence-electron chi connectivity index (χ4n) is 3.98. The van der Waals surface area contributed by atoms with Gasteiger partial charge in [0.15, 0.2) is 0 Å². The summed E-state index contributed by atoms with van der Waals surface area (Å²) in [5.74, 6) is -0.0306. The molecule has 180 valence electrons. The van der Waals surface area contributed by atoms with E-state index in [4.69, 9.17) is 4.74 Å². The maximum absolute atomic E-state index is 11.8. The number of rotatable bonds is 24. The molecule has 0 saturated heterocycles. The van der Waals surface area contributed by atoms with Gasteiger partial charge in [0.25, 0.3) is 0 Å². The van der Waals surface area contributed by atoms with Gasteiger partial charge in [-0.25, -0.2) is 0 Å². The Hall–Kier alpha value is -0.570. The first-order chi connectivity index (χ1) is 14.7. The lowest BCUT2D eigenvalue weighted by Crippen LogP contribution is -2.07. The summed E-state index contributed by atoms with van der Waals surface area (Å²) in [5.41, 5.74) is 0. The standard InChI is InChI=1S/C27H54O3/c1-3-5-7-9-11-13-17-21-25-30-27(29)24-20-16-15-19-23-26(28)22-18-14-12-10-8-6-4-2/h26,28H,3-25H2,1-2H3. The SMILES string of the molecule is CCCCCCCCCCOC(=O)CCCCCCC(O)CCCCCCCCC. The van der Waals surface area contributed by atoms with Gasteiger partial charge in [-0.15, -0.1) is 0 Å². The zero-order valence-electron chi connectivity index (χ0n) is 20.6. The first-order valence-electron chi connectivity index (χ1n) is 13.5. The molecule has 0 spiro atoms. The van der Waals surface area contributed by atoms with E-state index in [2.05, 4.69) is 13.8 Å². The highest BCUT2D eigenvalue weighted by molar-refractivity contribution is 5.69. The molecule has 1 N–H and O–H groups in total. The molecule has 1 unspecified atom stereocenters. The zero-order valence-corrected chi connectivity index (χ0v) is 20.6. The van der Waals surface area contributed by atoms with Crippen molar-refractivity contribution in [1.82, 2.24) is 0 Å². The molecule has 0 radical (unpaired) electrons. The molecule has 3 nitrogen and oxygen atoms in total. The molecule has 0 aliphatic rings. The van der Waals surface area contributed by atoms with Crippen molar-refractivity contribution in [3.05, 3.63) is 0 Å². The molecule has 0 aliphatic carbocycles. The van der Waals surface area contributed by atoms with Crippen LogP contribution >= 0.6 is 0 Å². The number of aliphatic hydroxyl groups is 1. The fraction of sp³-hybridized carbons (Fsp3) is 0.963. The average Bonchev–Trinajstić information content (AvgIpc) is 2.74. The van der Waals surface area contributed by atoms with Crippen LogP contribution in [0.5, 0.6) is 0 Å². The van der Waals surface area contributed by atoms with E-state index in [1.54, 1.807) is 0 Å². The monoisotopic (exact) mass is 426 g/mol. The van der Waals surface area contributed by atoms with Crippen LogP contribution in [0.3, 0.4) is 0 Å². The zero-order chi connectivity index (χ0) is 22.1. The predicted octanol–water partition coefficient (Wildman–Crippen LogP) is 8.51. The summed E-state index contributed by atoms with van der Waals surface area (Å²) >= 11 is 0. The number of esters is 1. The van der Waals surface area contributed by atoms with Crippen LogP contribution in [0.4, 0.5) is 0 Å². The van der Waals surface area contributed by atoms with Crippen LogP contribution in [0.25, 0.3) is 0 Å². The van der Waals surface area contributed by atoms with Crippen molar-refractivity contribution in [2.75, 3.05) is 6.61 Å². The van der Waals surface area contributed by atoms with Crippen molar-refractivity contribution in [3.63, 3.8) is 0 Å². The normalized spacial score (nSPS) is 12.2. The summed E-state index contributed by atoms with van der Waals surface area (Å²) in [7, 11) is 0.